The van der Waals surface area contributed by atoms with Crippen LogP contribution < -0.4 is 10.6 Å². The van der Waals surface area contributed by atoms with Crippen LogP contribution >= 0.6 is 23.2 Å². The number of hydrogen-bond donors (Lipinski definition) is 6. The molecule has 0 aromatic heterocycles. The second-order valence-electron chi connectivity index (χ2n) is 6.66. The van der Waals surface area contributed by atoms with E-state index < -0.39 is 48.4 Å². The Kier molecular flexibility index (Phi) is 13.3. The van der Waals surface area contributed by atoms with E-state index in [4.69, 9.17) is 54.5 Å². The van der Waals surface area contributed by atoms with E-state index in [1.165, 1.54) is 0 Å². The molecule has 32 heavy (non-hydrogen) atoms. The molecule has 11 nitrogen and oxygen atoms in total. The maximum Gasteiger partial charge on any atom is 0.336 e. The first-order valence-electron chi connectivity index (χ1n) is 9.19. The first-order chi connectivity index (χ1) is 14.9. The summed E-state index contributed by atoms with van der Waals surface area (Å²) in [6.07, 6.45) is -1.97. The number of halogens is 2. The van der Waals surface area contributed by atoms with Crippen LogP contribution in [0, 0.1) is 0 Å². The van der Waals surface area contributed by atoms with Gasteiger partial charge in [0.05, 0.1) is 12.8 Å². The van der Waals surface area contributed by atoms with Crippen molar-refractivity contribution in [1.82, 2.24) is 0 Å². The lowest BCUT2D eigenvalue weighted by Crippen LogP contribution is -2.42. The van der Waals surface area contributed by atoms with Crippen LogP contribution in [-0.2, 0) is 25.6 Å². The monoisotopic (exact) mass is 496 g/mol. The van der Waals surface area contributed by atoms with Gasteiger partial charge in [-0.2, -0.15) is 0 Å². The quantitative estimate of drug-likeness (QED) is 0.209. The number of carboxylic acids is 4. The van der Waals surface area contributed by atoms with Gasteiger partial charge in [-0.15, -0.1) is 23.2 Å². The molecule has 1 aromatic carbocycles. The summed E-state index contributed by atoms with van der Waals surface area (Å²) in [6, 6.07) is 6.76. The van der Waals surface area contributed by atoms with Gasteiger partial charge in [-0.05, 0) is 24.1 Å². The topological polar surface area (TPSA) is 199 Å². The average Bonchev–Trinajstić information content (AvgIpc) is 2.67. The van der Waals surface area contributed by atoms with Gasteiger partial charge in [0.1, 0.15) is 6.04 Å². The van der Waals surface area contributed by atoms with E-state index in [9.17, 15) is 19.2 Å². The number of nitrogens with two attached hydrogens (primary N) is 1. The second kappa shape index (κ2) is 14.5. The fourth-order valence-electron chi connectivity index (χ4n) is 2.47. The Balaban J connectivity index is 0.000000649. The molecule has 13 heteroatoms. The van der Waals surface area contributed by atoms with E-state index in [0.29, 0.717) is 18.2 Å². The summed E-state index contributed by atoms with van der Waals surface area (Å²) in [5.74, 6) is -4.95. The average molecular weight is 497 g/mol. The summed E-state index contributed by atoms with van der Waals surface area (Å²) in [5.41, 5.74) is 4.68. The van der Waals surface area contributed by atoms with Gasteiger partial charge in [-0.3, -0.25) is 14.4 Å². The second-order valence-corrected chi connectivity index (χ2v) is 7.41. The maximum atomic E-state index is 10.7. The summed E-state index contributed by atoms with van der Waals surface area (Å²) in [5, 5.41) is 42.6. The minimum atomic E-state index is -2.74. The van der Waals surface area contributed by atoms with E-state index in [1.54, 1.807) is 0 Å². The summed E-state index contributed by atoms with van der Waals surface area (Å²) in [4.78, 5) is 43.3. The van der Waals surface area contributed by atoms with Gasteiger partial charge in [0.25, 0.3) is 0 Å². The Morgan fingerprint density at radius 3 is 1.66 bits per heavy atom. The number of carbonyl (C=O) groups is 4. The molecule has 0 spiro atoms. The molecule has 1 aromatic rings. The molecule has 0 aliphatic heterocycles. The first kappa shape index (κ1) is 29.4. The van der Waals surface area contributed by atoms with Crippen molar-refractivity contribution in [3.8, 4) is 0 Å². The van der Waals surface area contributed by atoms with Gasteiger partial charge in [0.2, 0.25) is 0 Å². The predicted octanol–water partition coefficient (Wildman–Crippen LogP) is 0.677. The maximum absolute atomic E-state index is 10.7. The normalized spacial score (nSPS) is 11.6. The SMILES string of the molecule is N[C@@H](Cc1ccc(N(CCCl)CCCl)cc1)C(=O)O.O=C(O)CC(O)(CC(=O)O)C(=O)O. The van der Waals surface area contributed by atoms with Crippen molar-refractivity contribution < 1.29 is 44.7 Å². The third-order valence-electron chi connectivity index (χ3n) is 4.07. The zero-order valence-corrected chi connectivity index (χ0v) is 18.5. The van der Waals surface area contributed by atoms with E-state index in [1.807, 2.05) is 24.3 Å². The molecule has 0 amide bonds. The highest BCUT2D eigenvalue weighted by Crippen LogP contribution is 2.17. The van der Waals surface area contributed by atoms with Gasteiger partial charge in [-0.25, -0.2) is 4.79 Å². The fraction of sp³-hybridized carbons (Fsp3) is 0.474. The highest BCUT2D eigenvalue weighted by molar-refractivity contribution is 6.18. The molecule has 180 valence electrons. The molecule has 7 N–H and O–H groups in total. The van der Waals surface area contributed by atoms with Gasteiger partial charge in [0.15, 0.2) is 5.60 Å². The van der Waals surface area contributed by atoms with Gasteiger partial charge < -0.3 is 36.2 Å². The minimum absolute atomic E-state index is 0.320. The minimum Gasteiger partial charge on any atom is -0.481 e. The van der Waals surface area contributed by atoms with Crippen LogP contribution in [0.25, 0.3) is 0 Å². The first-order valence-corrected chi connectivity index (χ1v) is 10.3. The lowest BCUT2D eigenvalue weighted by Gasteiger charge is -2.23. The van der Waals surface area contributed by atoms with Crippen LogP contribution in [0.15, 0.2) is 24.3 Å². The predicted molar refractivity (Wildman–Crippen MR) is 117 cm³/mol. The van der Waals surface area contributed by atoms with Crippen molar-refractivity contribution >= 4 is 52.8 Å². The zero-order valence-electron chi connectivity index (χ0n) is 17.0. The van der Waals surface area contributed by atoms with Crippen molar-refractivity contribution in [2.75, 3.05) is 29.7 Å². The summed E-state index contributed by atoms with van der Waals surface area (Å²) in [7, 11) is 0. The molecule has 0 heterocycles. The lowest BCUT2D eigenvalue weighted by molar-refractivity contribution is -0.170. The summed E-state index contributed by atoms with van der Waals surface area (Å²) >= 11 is 11.5. The molecule has 0 aliphatic rings. The van der Waals surface area contributed by atoms with Crippen LogP contribution in [0.2, 0.25) is 0 Å². The Labute approximate surface area is 194 Å². The molecule has 0 bridgehead atoms. The molecule has 0 fully saturated rings. The molecule has 0 saturated heterocycles. The van der Waals surface area contributed by atoms with E-state index in [0.717, 1.165) is 24.3 Å². The van der Waals surface area contributed by atoms with Crippen LogP contribution in [0.3, 0.4) is 0 Å². The van der Waals surface area contributed by atoms with Crippen LogP contribution in [0.1, 0.15) is 18.4 Å². The van der Waals surface area contributed by atoms with Gasteiger partial charge in [0, 0.05) is 30.5 Å². The number of hydrogen-bond acceptors (Lipinski definition) is 7. The Bertz CT molecular complexity index is 753. The molecule has 0 saturated carbocycles. The van der Waals surface area contributed by atoms with E-state index in [-0.39, 0.29) is 0 Å². The van der Waals surface area contributed by atoms with Crippen LogP contribution in [0.4, 0.5) is 5.69 Å². The molecule has 1 atom stereocenters. The molecule has 1 rings (SSSR count). The number of benzene rings is 1. The summed E-state index contributed by atoms with van der Waals surface area (Å²) in [6.45, 7) is 1.45. The highest BCUT2D eigenvalue weighted by Gasteiger charge is 2.40. The smallest absolute Gasteiger partial charge is 0.336 e. The van der Waals surface area contributed by atoms with Gasteiger partial charge in [-0.1, -0.05) is 12.1 Å². The van der Waals surface area contributed by atoms with Crippen molar-refractivity contribution in [3.63, 3.8) is 0 Å². The lowest BCUT2D eigenvalue weighted by atomic mass is 9.96. The third-order valence-corrected chi connectivity index (χ3v) is 4.41. The number of nitrogens with zero attached hydrogens (tertiary/aromatic N) is 1. The Hall–Kier alpha value is -2.60. The van der Waals surface area contributed by atoms with Crippen LogP contribution in [0.5, 0.6) is 0 Å². The molecule has 0 unspecified atom stereocenters. The van der Waals surface area contributed by atoms with Crippen molar-refractivity contribution in [3.05, 3.63) is 29.8 Å². The number of carboxylic acid groups (broad SMARTS) is 4. The highest BCUT2D eigenvalue weighted by atomic mass is 35.5. The Morgan fingerprint density at radius 1 is 0.906 bits per heavy atom. The third kappa shape index (κ3) is 11.1. The van der Waals surface area contributed by atoms with Gasteiger partial charge >= 0.3 is 23.9 Å². The fourth-order valence-corrected chi connectivity index (χ4v) is 2.88. The van der Waals surface area contributed by atoms with Crippen molar-refractivity contribution in [2.45, 2.75) is 30.9 Å². The number of aliphatic hydroxyl groups is 1. The van der Waals surface area contributed by atoms with E-state index >= 15 is 0 Å². The zero-order chi connectivity index (χ0) is 24.9. The molecule has 0 radical (unpaired) electrons. The molecular formula is C19H26Cl2N2O9. The van der Waals surface area contributed by atoms with Crippen molar-refractivity contribution in [2.24, 2.45) is 5.73 Å². The van der Waals surface area contributed by atoms with Crippen molar-refractivity contribution in [1.29, 1.82) is 0 Å². The summed E-state index contributed by atoms with van der Waals surface area (Å²) < 4.78 is 0. The number of aliphatic carboxylic acids is 4. The largest absolute Gasteiger partial charge is 0.481 e. The molecular weight excluding hydrogens is 471 g/mol. The Morgan fingerprint density at radius 2 is 1.34 bits per heavy atom. The number of alkyl halides is 2. The standard InChI is InChI=1S/C13H18Cl2N2O2.C6H8O7/c14-5-7-17(8-6-15)11-3-1-10(2-4-11)9-12(16)13(18)19;7-3(8)1-6(13,5(11)12)2-4(9)10/h1-4,12H,5-9,16H2,(H,18,19);13H,1-2H2,(H,7,8)(H,9,10)(H,11,12)/t12-;/m0./s1. The van der Waals surface area contributed by atoms with Crippen LogP contribution in [-0.4, -0.2) is 85.9 Å². The molecule has 0 aliphatic carbocycles. The van der Waals surface area contributed by atoms with E-state index in [2.05, 4.69) is 4.90 Å². The number of rotatable bonds is 13. The number of anilines is 1.